The minimum Gasteiger partial charge on any atom is -0.488 e. The molecule has 6 nitrogen and oxygen atoms in total. The lowest BCUT2D eigenvalue weighted by atomic mass is 9.99. The molecule has 3 atom stereocenters. The van der Waals surface area contributed by atoms with E-state index in [0.717, 1.165) is 11.1 Å². The zero-order valence-electron chi connectivity index (χ0n) is 15.2. The van der Waals surface area contributed by atoms with Gasteiger partial charge in [-0.3, -0.25) is 4.79 Å². The summed E-state index contributed by atoms with van der Waals surface area (Å²) in [6.45, 7) is 1.91. The van der Waals surface area contributed by atoms with E-state index >= 15 is 0 Å². The first kappa shape index (κ1) is 18.0. The van der Waals surface area contributed by atoms with Gasteiger partial charge in [0.25, 0.3) is 0 Å². The van der Waals surface area contributed by atoms with Gasteiger partial charge in [0, 0.05) is 12.0 Å². The number of fused-ring (bicyclic) bond motifs is 4. The van der Waals surface area contributed by atoms with Crippen LogP contribution in [0.2, 0.25) is 0 Å². The van der Waals surface area contributed by atoms with E-state index in [4.69, 9.17) is 9.47 Å². The van der Waals surface area contributed by atoms with Crippen LogP contribution in [0.25, 0.3) is 0 Å². The molecular formula is C20H21NO5S. The summed E-state index contributed by atoms with van der Waals surface area (Å²) in [6, 6.07) is 13.2. The van der Waals surface area contributed by atoms with E-state index in [0.29, 0.717) is 12.2 Å². The maximum absolute atomic E-state index is 13.5. The van der Waals surface area contributed by atoms with Crippen LogP contribution in [-0.4, -0.2) is 37.9 Å². The molecule has 0 N–H and O–H groups in total. The Morgan fingerprint density at radius 1 is 1.19 bits per heavy atom. The number of carbonyl (C=O) groups is 1. The highest BCUT2D eigenvalue weighted by molar-refractivity contribution is 7.89. The third kappa shape index (κ3) is 3.00. The number of para-hydroxylation sites is 1. The first-order valence-electron chi connectivity index (χ1n) is 8.84. The fourth-order valence-electron chi connectivity index (χ4n) is 3.95. The molecule has 2 aromatic rings. The van der Waals surface area contributed by atoms with Crippen LogP contribution < -0.4 is 4.74 Å². The summed E-state index contributed by atoms with van der Waals surface area (Å²) in [5.41, 5.74) is 1.81. The van der Waals surface area contributed by atoms with Crippen LogP contribution in [0.1, 0.15) is 30.0 Å². The molecule has 3 unspecified atom stereocenters. The number of methoxy groups -OCH3 is 1. The molecule has 2 aliphatic heterocycles. The number of hydrogen-bond acceptors (Lipinski definition) is 5. The number of hydrogen-bond donors (Lipinski definition) is 0. The predicted octanol–water partition coefficient (Wildman–Crippen LogP) is 2.82. The van der Waals surface area contributed by atoms with Crippen molar-refractivity contribution in [2.75, 3.05) is 7.11 Å². The molecular weight excluding hydrogens is 366 g/mol. The van der Waals surface area contributed by atoms with Crippen LogP contribution >= 0.6 is 0 Å². The summed E-state index contributed by atoms with van der Waals surface area (Å²) in [5.74, 6) is 0.222. The van der Waals surface area contributed by atoms with Crippen molar-refractivity contribution in [2.45, 2.75) is 42.8 Å². The second-order valence-corrected chi connectivity index (χ2v) is 8.78. The van der Waals surface area contributed by atoms with E-state index in [1.54, 1.807) is 24.3 Å². The minimum atomic E-state index is -3.81. The van der Waals surface area contributed by atoms with Crippen molar-refractivity contribution in [3.8, 4) is 5.75 Å². The highest BCUT2D eigenvalue weighted by atomic mass is 32.2. The van der Waals surface area contributed by atoms with Crippen LogP contribution in [0.5, 0.6) is 5.75 Å². The average Bonchev–Trinajstić information content (AvgIpc) is 2.95. The third-order valence-electron chi connectivity index (χ3n) is 5.27. The molecule has 2 aliphatic rings. The molecule has 142 valence electrons. The van der Waals surface area contributed by atoms with Crippen LogP contribution in [0, 0.1) is 6.92 Å². The topological polar surface area (TPSA) is 72.9 Å². The van der Waals surface area contributed by atoms with Crippen LogP contribution in [0.15, 0.2) is 53.4 Å². The summed E-state index contributed by atoms with van der Waals surface area (Å²) in [6.07, 6.45) is 0.0878. The Kier molecular flexibility index (Phi) is 4.44. The predicted molar refractivity (Wildman–Crippen MR) is 98.8 cm³/mol. The van der Waals surface area contributed by atoms with Gasteiger partial charge in [-0.15, -0.1) is 0 Å². The van der Waals surface area contributed by atoms with Crippen LogP contribution in [0.3, 0.4) is 0 Å². The van der Waals surface area contributed by atoms with Gasteiger partial charge in [-0.05, 0) is 25.1 Å². The first-order valence-corrected chi connectivity index (χ1v) is 10.3. The van der Waals surface area contributed by atoms with Crippen LogP contribution in [0.4, 0.5) is 0 Å². The summed E-state index contributed by atoms with van der Waals surface area (Å²) in [4.78, 5) is 12.2. The van der Waals surface area contributed by atoms with Crippen molar-refractivity contribution in [2.24, 2.45) is 0 Å². The maximum atomic E-state index is 13.5. The Labute approximate surface area is 158 Å². The van der Waals surface area contributed by atoms with Gasteiger partial charge in [-0.2, -0.15) is 4.31 Å². The van der Waals surface area contributed by atoms with Crippen molar-refractivity contribution in [1.82, 2.24) is 4.31 Å². The van der Waals surface area contributed by atoms with Gasteiger partial charge in [-0.1, -0.05) is 35.9 Å². The van der Waals surface area contributed by atoms with Gasteiger partial charge >= 0.3 is 5.97 Å². The molecule has 0 radical (unpaired) electrons. The Hall–Kier alpha value is -2.38. The normalized spacial score (nSPS) is 24.1. The smallest absolute Gasteiger partial charge is 0.307 e. The third-order valence-corrected chi connectivity index (χ3v) is 7.22. The molecule has 0 aromatic heterocycles. The molecule has 0 amide bonds. The number of esters is 1. The minimum absolute atomic E-state index is 0.0449. The molecule has 1 fully saturated rings. The number of nitrogens with zero attached hydrogens (tertiary/aromatic N) is 1. The Morgan fingerprint density at radius 2 is 1.89 bits per heavy atom. The molecule has 4 rings (SSSR count). The van der Waals surface area contributed by atoms with E-state index in [1.807, 2.05) is 31.2 Å². The summed E-state index contributed by atoms with van der Waals surface area (Å²) in [7, 11) is -2.51. The number of carbonyl (C=O) groups excluding carboxylic acids is 1. The molecule has 7 heteroatoms. The van der Waals surface area contributed by atoms with Crippen molar-refractivity contribution < 1.29 is 22.7 Å². The van der Waals surface area contributed by atoms with Crippen molar-refractivity contribution in [3.63, 3.8) is 0 Å². The van der Waals surface area contributed by atoms with E-state index in [2.05, 4.69) is 0 Å². The first-order chi connectivity index (χ1) is 12.9. The highest BCUT2D eigenvalue weighted by Crippen LogP contribution is 2.49. The van der Waals surface area contributed by atoms with Gasteiger partial charge in [-0.25, -0.2) is 8.42 Å². The Balaban J connectivity index is 1.81. The number of rotatable bonds is 4. The lowest BCUT2D eigenvalue weighted by Gasteiger charge is -2.28. The van der Waals surface area contributed by atoms with E-state index in [9.17, 15) is 13.2 Å². The highest BCUT2D eigenvalue weighted by Gasteiger charge is 2.53. The summed E-state index contributed by atoms with van der Waals surface area (Å²) in [5, 5.41) is 0. The summed E-state index contributed by atoms with van der Waals surface area (Å²) >= 11 is 0. The lowest BCUT2D eigenvalue weighted by Crippen LogP contribution is -2.42. The number of benzene rings is 2. The van der Waals surface area contributed by atoms with Gasteiger partial charge in [0.1, 0.15) is 11.9 Å². The number of sulfonamides is 1. The Morgan fingerprint density at radius 3 is 2.59 bits per heavy atom. The molecule has 2 heterocycles. The quantitative estimate of drug-likeness (QED) is 0.755. The second-order valence-electron chi connectivity index (χ2n) is 6.94. The lowest BCUT2D eigenvalue weighted by molar-refractivity contribution is -0.142. The van der Waals surface area contributed by atoms with Crippen LogP contribution in [-0.2, 0) is 19.6 Å². The molecule has 0 aliphatic carbocycles. The van der Waals surface area contributed by atoms with Crippen molar-refractivity contribution in [1.29, 1.82) is 0 Å². The molecule has 2 bridgehead atoms. The fourth-order valence-corrected chi connectivity index (χ4v) is 5.77. The SMILES string of the molecule is COC(=O)CC1C2CC(c3ccccc3O2)N1S(=O)(=O)c1ccc(C)cc1. The molecule has 2 aromatic carbocycles. The zero-order valence-corrected chi connectivity index (χ0v) is 16.0. The van der Waals surface area contributed by atoms with E-state index < -0.39 is 22.0 Å². The average molecular weight is 387 g/mol. The number of aryl methyl sites for hydroxylation is 1. The standard InChI is InChI=1S/C20H21NO5S/c1-13-7-9-14(10-8-13)27(23,24)21-16-11-19(17(21)12-20(22)25-2)26-18-6-4-3-5-15(16)18/h3-10,16-17,19H,11-12H2,1-2H3. The Bertz CT molecular complexity index is 970. The number of ether oxygens (including phenoxy) is 2. The van der Waals surface area contributed by atoms with Gasteiger partial charge in [0.05, 0.1) is 30.5 Å². The molecule has 27 heavy (non-hydrogen) atoms. The van der Waals surface area contributed by atoms with E-state index in [1.165, 1.54) is 11.4 Å². The summed E-state index contributed by atoms with van der Waals surface area (Å²) < 4.78 is 39.3. The molecule has 0 spiro atoms. The van der Waals surface area contributed by atoms with E-state index in [-0.39, 0.29) is 23.5 Å². The van der Waals surface area contributed by atoms with Crippen molar-refractivity contribution >= 4 is 16.0 Å². The van der Waals surface area contributed by atoms with Gasteiger partial charge in [0.2, 0.25) is 10.0 Å². The second kappa shape index (κ2) is 6.65. The molecule has 1 saturated heterocycles. The fraction of sp³-hybridized carbons (Fsp3) is 0.350. The van der Waals surface area contributed by atoms with Gasteiger partial charge in [0.15, 0.2) is 0 Å². The van der Waals surface area contributed by atoms with Crippen molar-refractivity contribution in [3.05, 3.63) is 59.7 Å². The largest absolute Gasteiger partial charge is 0.488 e. The monoisotopic (exact) mass is 387 g/mol. The zero-order chi connectivity index (χ0) is 19.2. The maximum Gasteiger partial charge on any atom is 0.307 e. The van der Waals surface area contributed by atoms with Gasteiger partial charge < -0.3 is 9.47 Å². The molecule has 0 saturated carbocycles.